The molecular formula is C11H20N2O. The second kappa shape index (κ2) is 5.81. The van der Waals surface area contributed by atoms with Gasteiger partial charge in [-0.15, -0.1) is 0 Å². The molecule has 0 unspecified atom stereocenters. The second-order valence-corrected chi connectivity index (χ2v) is 3.62. The summed E-state index contributed by atoms with van der Waals surface area (Å²) in [5.41, 5.74) is 0. The van der Waals surface area contributed by atoms with E-state index in [1.165, 1.54) is 0 Å². The second-order valence-electron chi connectivity index (χ2n) is 3.62. The maximum Gasteiger partial charge on any atom is 0.246 e. The Kier molecular flexibility index (Phi) is 4.66. The van der Waals surface area contributed by atoms with Crippen LogP contribution in [-0.2, 0) is 4.79 Å². The van der Waals surface area contributed by atoms with E-state index in [4.69, 9.17) is 0 Å². The number of rotatable bonds is 4. The minimum Gasteiger partial charge on any atom is -0.340 e. The molecule has 0 spiro atoms. The van der Waals surface area contributed by atoms with Gasteiger partial charge in [-0.2, -0.15) is 0 Å². The topological polar surface area (TPSA) is 32.3 Å². The monoisotopic (exact) mass is 196 g/mol. The van der Waals surface area contributed by atoms with Crippen LogP contribution in [0.1, 0.15) is 20.3 Å². The number of carbonyl (C=O) groups is 1. The highest BCUT2D eigenvalue weighted by Gasteiger charge is 2.12. The summed E-state index contributed by atoms with van der Waals surface area (Å²) in [5, 5.41) is 3.28. The van der Waals surface area contributed by atoms with E-state index >= 15 is 0 Å². The lowest BCUT2D eigenvalue weighted by molar-refractivity contribution is -0.125. The smallest absolute Gasteiger partial charge is 0.246 e. The molecule has 1 N–H and O–H groups in total. The molecule has 1 aliphatic rings. The van der Waals surface area contributed by atoms with Crippen LogP contribution in [0, 0.1) is 5.92 Å². The SMILES string of the molecule is CCN(CC)C(=O)C=C[C@@H]1CCNC1. The summed E-state index contributed by atoms with van der Waals surface area (Å²) < 4.78 is 0. The van der Waals surface area contributed by atoms with E-state index in [2.05, 4.69) is 5.32 Å². The summed E-state index contributed by atoms with van der Waals surface area (Å²) >= 11 is 0. The van der Waals surface area contributed by atoms with Gasteiger partial charge in [0.1, 0.15) is 0 Å². The molecule has 0 aromatic heterocycles. The summed E-state index contributed by atoms with van der Waals surface area (Å²) in [6.45, 7) is 7.69. The normalized spacial score (nSPS) is 21.7. The Labute approximate surface area is 86.2 Å². The fraction of sp³-hybridized carbons (Fsp3) is 0.727. The van der Waals surface area contributed by atoms with Crippen LogP contribution in [0.3, 0.4) is 0 Å². The minimum atomic E-state index is 0.141. The molecule has 80 valence electrons. The van der Waals surface area contributed by atoms with Crippen molar-refractivity contribution in [2.45, 2.75) is 20.3 Å². The van der Waals surface area contributed by atoms with Crippen molar-refractivity contribution in [1.82, 2.24) is 10.2 Å². The molecule has 1 saturated heterocycles. The predicted molar refractivity (Wildman–Crippen MR) is 58.0 cm³/mol. The molecular weight excluding hydrogens is 176 g/mol. The first kappa shape index (κ1) is 11.2. The van der Waals surface area contributed by atoms with E-state index in [-0.39, 0.29) is 5.91 Å². The van der Waals surface area contributed by atoms with Gasteiger partial charge in [0.2, 0.25) is 5.91 Å². The maximum absolute atomic E-state index is 11.6. The lowest BCUT2D eigenvalue weighted by Gasteiger charge is -2.16. The highest BCUT2D eigenvalue weighted by atomic mass is 16.2. The largest absolute Gasteiger partial charge is 0.340 e. The third-order valence-corrected chi connectivity index (χ3v) is 2.68. The summed E-state index contributed by atoms with van der Waals surface area (Å²) in [4.78, 5) is 13.4. The van der Waals surface area contributed by atoms with Crippen LogP contribution in [-0.4, -0.2) is 37.0 Å². The zero-order chi connectivity index (χ0) is 10.4. The summed E-state index contributed by atoms with van der Waals surface area (Å²) in [5.74, 6) is 0.691. The zero-order valence-electron chi connectivity index (χ0n) is 9.12. The van der Waals surface area contributed by atoms with E-state index < -0.39 is 0 Å². The molecule has 0 aliphatic carbocycles. The number of carbonyl (C=O) groups excluding carboxylic acids is 1. The van der Waals surface area contributed by atoms with Gasteiger partial charge < -0.3 is 10.2 Å². The lowest BCUT2D eigenvalue weighted by Crippen LogP contribution is -2.28. The molecule has 1 amide bonds. The first-order chi connectivity index (χ1) is 6.77. The van der Waals surface area contributed by atoms with Crippen molar-refractivity contribution in [3.63, 3.8) is 0 Å². The lowest BCUT2D eigenvalue weighted by atomic mass is 10.1. The van der Waals surface area contributed by atoms with Crippen LogP contribution < -0.4 is 5.32 Å². The van der Waals surface area contributed by atoms with Crippen LogP contribution in [0.4, 0.5) is 0 Å². The molecule has 0 aromatic rings. The minimum absolute atomic E-state index is 0.141. The number of nitrogens with zero attached hydrogens (tertiary/aromatic N) is 1. The molecule has 1 aliphatic heterocycles. The van der Waals surface area contributed by atoms with Gasteiger partial charge in [-0.05, 0) is 38.8 Å². The van der Waals surface area contributed by atoms with Crippen molar-refractivity contribution >= 4 is 5.91 Å². The van der Waals surface area contributed by atoms with Crippen LogP contribution >= 0.6 is 0 Å². The van der Waals surface area contributed by atoms with Gasteiger partial charge in [0.25, 0.3) is 0 Å². The van der Waals surface area contributed by atoms with Crippen LogP contribution in [0.25, 0.3) is 0 Å². The van der Waals surface area contributed by atoms with E-state index in [1.807, 2.05) is 24.8 Å². The summed E-state index contributed by atoms with van der Waals surface area (Å²) in [7, 11) is 0. The molecule has 3 nitrogen and oxygen atoms in total. The Balaban J connectivity index is 2.37. The van der Waals surface area contributed by atoms with Gasteiger partial charge in [-0.3, -0.25) is 4.79 Å². The van der Waals surface area contributed by atoms with E-state index in [9.17, 15) is 4.79 Å². The predicted octanol–water partition coefficient (Wildman–Crippen LogP) is 1.02. The van der Waals surface area contributed by atoms with Crippen LogP contribution in [0.2, 0.25) is 0 Å². The third kappa shape index (κ3) is 3.14. The molecule has 3 heteroatoms. The average molecular weight is 196 g/mol. The Bertz CT molecular complexity index is 203. The fourth-order valence-electron chi connectivity index (χ4n) is 1.70. The molecule has 0 aromatic carbocycles. The molecule has 0 radical (unpaired) electrons. The summed E-state index contributed by atoms with van der Waals surface area (Å²) in [6.07, 6.45) is 4.92. The van der Waals surface area contributed by atoms with Crippen LogP contribution in [0.5, 0.6) is 0 Å². The molecule has 0 saturated carbocycles. The Hall–Kier alpha value is -0.830. The molecule has 1 heterocycles. The molecule has 1 atom stereocenters. The first-order valence-corrected chi connectivity index (χ1v) is 5.45. The highest BCUT2D eigenvalue weighted by Crippen LogP contribution is 2.08. The number of hydrogen-bond donors (Lipinski definition) is 1. The quantitative estimate of drug-likeness (QED) is 0.681. The first-order valence-electron chi connectivity index (χ1n) is 5.45. The average Bonchev–Trinajstić information content (AvgIpc) is 2.69. The van der Waals surface area contributed by atoms with E-state index in [1.54, 1.807) is 6.08 Å². The van der Waals surface area contributed by atoms with Crippen molar-refractivity contribution in [2.75, 3.05) is 26.2 Å². The van der Waals surface area contributed by atoms with Crippen molar-refractivity contribution in [3.05, 3.63) is 12.2 Å². The van der Waals surface area contributed by atoms with Gasteiger partial charge in [0.15, 0.2) is 0 Å². The van der Waals surface area contributed by atoms with E-state index in [0.717, 1.165) is 32.6 Å². The molecule has 1 fully saturated rings. The number of nitrogens with one attached hydrogen (secondary N) is 1. The standard InChI is InChI=1S/C11H20N2O/c1-3-13(4-2)11(14)6-5-10-7-8-12-9-10/h5-6,10,12H,3-4,7-9H2,1-2H3/t10-/m1/s1. The Morgan fingerprint density at radius 1 is 1.50 bits per heavy atom. The third-order valence-electron chi connectivity index (χ3n) is 2.68. The Morgan fingerprint density at radius 2 is 2.21 bits per heavy atom. The Morgan fingerprint density at radius 3 is 2.71 bits per heavy atom. The van der Waals surface area contributed by atoms with E-state index in [0.29, 0.717) is 5.92 Å². The molecule has 0 bridgehead atoms. The van der Waals surface area contributed by atoms with Gasteiger partial charge in [-0.25, -0.2) is 0 Å². The highest BCUT2D eigenvalue weighted by molar-refractivity contribution is 5.87. The molecule has 14 heavy (non-hydrogen) atoms. The van der Waals surface area contributed by atoms with Gasteiger partial charge in [-0.1, -0.05) is 6.08 Å². The van der Waals surface area contributed by atoms with Gasteiger partial charge in [0, 0.05) is 19.6 Å². The van der Waals surface area contributed by atoms with Crippen molar-refractivity contribution < 1.29 is 4.79 Å². The number of amides is 1. The van der Waals surface area contributed by atoms with Gasteiger partial charge in [0.05, 0.1) is 0 Å². The van der Waals surface area contributed by atoms with Gasteiger partial charge >= 0.3 is 0 Å². The number of hydrogen-bond acceptors (Lipinski definition) is 2. The van der Waals surface area contributed by atoms with Crippen molar-refractivity contribution in [1.29, 1.82) is 0 Å². The molecule has 1 rings (SSSR count). The van der Waals surface area contributed by atoms with Crippen molar-refractivity contribution in [3.8, 4) is 0 Å². The van der Waals surface area contributed by atoms with Crippen LogP contribution in [0.15, 0.2) is 12.2 Å². The summed E-state index contributed by atoms with van der Waals surface area (Å²) in [6, 6.07) is 0. The maximum atomic E-state index is 11.6. The number of likely N-dealkylation sites (N-methyl/N-ethyl adjacent to an activating group) is 1. The van der Waals surface area contributed by atoms with Crippen molar-refractivity contribution in [2.24, 2.45) is 5.92 Å². The zero-order valence-corrected chi connectivity index (χ0v) is 9.12. The fourth-order valence-corrected chi connectivity index (χ4v) is 1.70.